The van der Waals surface area contributed by atoms with E-state index in [1.54, 1.807) is 25.3 Å². The summed E-state index contributed by atoms with van der Waals surface area (Å²) in [6.07, 6.45) is 2.86. The summed E-state index contributed by atoms with van der Waals surface area (Å²) < 4.78 is 49.3. The smallest absolute Gasteiger partial charge is 0.166 e. The Morgan fingerprint density at radius 3 is 2.82 bits per heavy atom. The van der Waals surface area contributed by atoms with E-state index in [9.17, 15) is 12.8 Å². The molecule has 3 aromatic rings. The van der Waals surface area contributed by atoms with Gasteiger partial charge in [-0.25, -0.2) is 22.8 Å². The van der Waals surface area contributed by atoms with E-state index in [1.807, 2.05) is 4.90 Å². The molecule has 0 aliphatic carbocycles. The molecule has 180 valence electrons. The van der Waals surface area contributed by atoms with E-state index < -0.39 is 15.7 Å². The normalized spacial score (nSPS) is 21.1. The second-order valence-corrected chi connectivity index (χ2v) is 11.2. The number of benzene rings is 2. The van der Waals surface area contributed by atoms with Crippen LogP contribution in [0.3, 0.4) is 0 Å². The van der Waals surface area contributed by atoms with Crippen molar-refractivity contribution in [1.82, 2.24) is 14.9 Å². The quantitative estimate of drug-likeness (QED) is 0.458. The first-order valence-corrected chi connectivity index (χ1v) is 13.1. The third-order valence-corrected chi connectivity index (χ3v) is 8.81. The SMILES string of the molecule is COc1cc2ncnc(Nc3ccc(F)c(Cl)c3)c2cc1OCCCN1CC2CC1S(=O)(=O)C2. The number of likely N-dealkylation sites (tertiary alicyclic amines) is 1. The molecular formula is C23H24ClFN4O4S. The van der Waals surface area contributed by atoms with Gasteiger partial charge in [0.25, 0.3) is 0 Å². The van der Waals surface area contributed by atoms with Crippen LogP contribution in [0.4, 0.5) is 15.9 Å². The van der Waals surface area contributed by atoms with Crippen LogP contribution in [0.1, 0.15) is 12.8 Å². The van der Waals surface area contributed by atoms with E-state index in [1.165, 1.54) is 18.5 Å². The summed E-state index contributed by atoms with van der Waals surface area (Å²) in [4.78, 5) is 10.7. The third kappa shape index (κ3) is 4.49. The molecule has 3 heterocycles. The highest BCUT2D eigenvalue weighted by Crippen LogP contribution is 2.37. The lowest BCUT2D eigenvalue weighted by atomic mass is 10.2. The van der Waals surface area contributed by atoms with Gasteiger partial charge in [-0.05, 0) is 43.0 Å². The van der Waals surface area contributed by atoms with Gasteiger partial charge < -0.3 is 14.8 Å². The third-order valence-electron chi connectivity index (χ3n) is 6.27. The van der Waals surface area contributed by atoms with E-state index in [0.29, 0.717) is 59.2 Å². The summed E-state index contributed by atoms with van der Waals surface area (Å²) in [6.45, 7) is 1.90. The van der Waals surface area contributed by atoms with Crippen LogP contribution >= 0.6 is 11.6 Å². The van der Waals surface area contributed by atoms with Gasteiger partial charge in [0.15, 0.2) is 21.3 Å². The van der Waals surface area contributed by atoms with Gasteiger partial charge in [-0.3, -0.25) is 4.90 Å². The molecule has 34 heavy (non-hydrogen) atoms. The fourth-order valence-electron chi connectivity index (χ4n) is 4.72. The molecule has 2 saturated heterocycles. The maximum atomic E-state index is 13.5. The number of aromatic nitrogens is 2. The van der Waals surface area contributed by atoms with Crippen LogP contribution in [0.15, 0.2) is 36.7 Å². The lowest BCUT2D eigenvalue weighted by Gasteiger charge is -2.26. The molecule has 2 aromatic carbocycles. The topological polar surface area (TPSA) is 93.7 Å². The second kappa shape index (κ2) is 9.16. The zero-order valence-corrected chi connectivity index (χ0v) is 20.1. The number of hydrogen-bond acceptors (Lipinski definition) is 8. The van der Waals surface area contributed by atoms with Gasteiger partial charge in [-0.1, -0.05) is 11.6 Å². The average molecular weight is 507 g/mol. The number of ether oxygens (including phenoxy) is 2. The molecule has 2 aliphatic rings. The van der Waals surface area contributed by atoms with E-state index >= 15 is 0 Å². The van der Waals surface area contributed by atoms with Crippen molar-refractivity contribution in [2.45, 2.75) is 18.2 Å². The molecular weight excluding hydrogens is 483 g/mol. The van der Waals surface area contributed by atoms with Gasteiger partial charge in [0.1, 0.15) is 23.3 Å². The van der Waals surface area contributed by atoms with E-state index in [0.717, 1.165) is 13.0 Å². The second-order valence-electron chi connectivity index (χ2n) is 8.58. The van der Waals surface area contributed by atoms with E-state index in [-0.39, 0.29) is 16.3 Å². The number of anilines is 2. The zero-order chi connectivity index (χ0) is 23.9. The summed E-state index contributed by atoms with van der Waals surface area (Å²) in [5, 5.41) is 3.51. The number of halogens is 2. The molecule has 2 atom stereocenters. The van der Waals surface area contributed by atoms with Crippen molar-refractivity contribution in [3.8, 4) is 11.5 Å². The van der Waals surface area contributed by atoms with Gasteiger partial charge in [0, 0.05) is 30.2 Å². The minimum Gasteiger partial charge on any atom is -0.493 e. The Morgan fingerprint density at radius 2 is 2.09 bits per heavy atom. The Morgan fingerprint density at radius 1 is 1.24 bits per heavy atom. The highest BCUT2D eigenvalue weighted by atomic mass is 35.5. The molecule has 8 nitrogen and oxygen atoms in total. The Hall–Kier alpha value is -2.69. The Kier molecular flexibility index (Phi) is 6.22. The standard InChI is InChI=1S/C23H24ClFN4O4S/c1-32-20-10-19-16(23(27-13-26-19)28-15-3-4-18(25)17(24)8-15)9-21(20)33-6-2-5-29-11-14-7-22(29)34(30,31)12-14/h3-4,8-10,13-14,22H,2,5-7,11-12H2,1H3,(H,26,27,28). The maximum Gasteiger partial charge on any atom is 0.166 e. The number of methoxy groups -OCH3 is 1. The molecule has 11 heteroatoms. The van der Waals surface area contributed by atoms with Crippen LogP contribution in [0.25, 0.3) is 10.9 Å². The number of sulfone groups is 1. The van der Waals surface area contributed by atoms with Crippen molar-refractivity contribution in [1.29, 1.82) is 0 Å². The van der Waals surface area contributed by atoms with Crippen LogP contribution in [-0.4, -0.2) is 61.2 Å². The minimum absolute atomic E-state index is 0.00748. The first kappa shape index (κ1) is 23.1. The molecule has 0 amide bonds. The minimum atomic E-state index is -2.98. The summed E-state index contributed by atoms with van der Waals surface area (Å²) in [5.41, 5.74) is 1.23. The first-order chi connectivity index (χ1) is 16.3. The van der Waals surface area contributed by atoms with Crippen LogP contribution in [0, 0.1) is 11.7 Å². The number of nitrogens with one attached hydrogen (secondary N) is 1. The highest BCUT2D eigenvalue weighted by Gasteiger charge is 2.48. The largest absolute Gasteiger partial charge is 0.493 e. The van der Waals surface area contributed by atoms with Gasteiger partial charge >= 0.3 is 0 Å². The number of fused-ring (bicyclic) bond motifs is 3. The van der Waals surface area contributed by atoms with Crippen LogP contribution in [0.5, 0.6) is 11.5 Å². The molecule has 2 bridgehead atoms. The fourth-order valence-corrected chi connectivity index (χ4v) is 7.24. The Bertz CT molecular complexity index is 1340. The van der Waals surface area contributed by atoms with Crippen molar-refractivity contribution in [2.24, 2.45) is 5.92 Å². The molecule has 5 rings (SSSR count). The molecule has 1 N–H and O–H groups in total. The van der Waals surface area contributed by atoms with Crippen molar-refractivity contribution < 1.29 is 22.3 Å². The summed E-state index contributed by atoms with van der Waals surface area (Å²) in [7, 11) is -1.43. The molecule has 2 aliphatic heterocycles. The molecule has 0 radical (unpaired) electrons. The van der Waals surface area contributed by atoms with Crippen molar-refractivity contribution in [3.63, 3.8) is 0 Å². The maximum absolute atomic E-state index is 13.5. The number of rotatable bonds is 8. The monoisotopic (exact) mass is 506 g/mol. The van der Waals surface area contributed by atoms with Crippen molar-refractivity contribution in [3.05, 3.63) is 47.5 Å². The van der Waals surface area contributed by atoms with Crippen molar-refractivity contribution >= 4 is 43.8 Å². The predicted octanol–water partition coefficient (Wildman–Crippen LogP) is 4.02. The molecule has 0 saturated carbocycles. The lowest BCUT2D eigenvalue weighted by molar-refractivity contribution is 0.237. The van der Waals surface area contributed by atoms with Gasteiger partial charge in [-0.15, -0.1) is 0 Å². The predicted molar refractivity (Wildman–Crippen MR) is 128 cm³/mol. The highest BCUT2D eigenvalue weighted by molar-refractivity contribution is 7.92. The summed E-state index contributed by atoms with van der Waals surface area (Å²) in [5.74, 6) is 1.66. The first-order valence-electron chi connectivity index (χ1n) is 11.0. The summed E-state index contributed by atoms with van der Waals surface area (Å²) in [6, 6.07) is 7.90. The molecule has 1 aromatic heterocycles. The molecule has 2 fully saturated rings. The number of nitrogens with zero attached hydrogens (tertiary/aromatic N) is 3. The summed E-state index contributed by atoms with van der Waals surface area (Å²) >= 11 is 5.90. The Balaban J connectivity index is 1.30. The van der Waals surface area contributed by atoms with Crippen LogP contribution < -0.4 is 14.8 Å². The van der Waals surface area contributed by atoms with Gasteiger partial charge in [0.2, 0.25) is 0 Å². The average Bonchev–Trinajstić information content (AvgIpc) is 3.35. The van der Waals surface area contributed by atoms with Crippen LogP contribution in [-0.2, 0) is 9.84 Å². The van der Waals surface area contributed by atoms with Crippen LogP contribution in [0.2, 0.25) is 5.02 Å². The van der Waals surface area contributed by atoms with Crippen molar-refractivity contribution in [2.75, 3.05) is 37.9 Å². The zero-order valence-electron chi connectivity index (χ0n) is 18.5. The van der Waals surface area contributed by atoms with Gasteiger partial charge in [0.05, 0.1) is 30.0 Å². The lowest BCUT2D eigenvalue weighted by Crippen LogP contribution is -2.40. The molecule has 2 unspecified atom stereocenters. The Labute approximate surface area is 202 Å². The van der Waals surface area contributed by atoms with E-state index in [4.69, 9.17) is 21.1 Å². The molecule has 0 spiro atoms. The number of hydrogen-bond donors (Lipinski definition) is 1. The fraction of sp³-hybridized carbons (Fsp3) is 0.391. The van der Waals surface area contributed by atoms with Gasteiger partial charge in [-0.2, -0.15) is 0 Å². The van der Waals surface area contributed by atoms with E-state index in [2.05, 4.69) is 15.3 Å².